The van der Waals surface area contributed by atoms with Gasteiger partial charge in [-0.25, -0.2) is 0 Å². The maximum Gasteiger partial charge on any atom is -0.0105 e. The van der Waals surface area contributed by atoms with Gasteiger partial charge in [0.1, 0.15) is 0 Å². The highest BCUT2D eigenvalue weighted by atomic mass is 14.1. The van der Waals surface area contributed by atoms with Crippen molar-refractivity contribution in [2.45, 2.75) is 0 Å². The van der Waals surface area contributed by atoms with Crippen LogP contribution in [0.1, 0.15) is 33.4 Å². The Morgan fingerprint density at radius 3 is 0.912 bits per heavy atom. The van der Waals surface area contributed by atoms with Gasteiger partial charge in [0, 0.05) is 0 Å². The Hall–Kier alpha value is -4.42. The molecule has 0 aromatic heterocycles. The molecule has 5 rings (SSSR count). The average Bonchev–Trinajstić information content (AvgIpc) is 2.92. The summed E-state index contributed by atoms with van der Waals surface area (Å²) in [6, 6.07) is 51.1. The van der Waals surface area contributed by atoms with Crippen molar-refractivity contribution >= 4 is 23.3 Å². The van der Waals surface area contributed by atoms with E-state index in [0.29, 0.717) is 0 Å². The molecule has 0 saturated heterocycles. The molecule has 0 nitrogen and oxygen atoms in total. The lowest BCUT2D eigenvalue weighted by Crippen LogP contribution is -1.89. The molecule has 0 aliphatic rings. The molecule has 0 heterocycles. The fraction of sp³-hybridized carbons (Fsp3) is 0. The second-order valence-electron chi connectivity index (χ2n) is 8.25. The van der Waals surface area contributed by atoms with Gasteiger partial charge in [0.15, 0.2) is 0 Å². The summed E-state index contributed by atoms with van der Waals surface area (Å²) in [5, 5.41) is 0. The maximum absolute atomic E-state index is 2.28. The molecule has 0 atom stereocenters. The van der Waals surface area contributed by atoms with Crippen LogP contribution < -0.4 is 0 Å². The first-order valence-corrected chi connectivity index (χ1v) is 11.6. The Morgan fingerprint density at radius 2 is 0.618 bits per heavy atom. The van der Waals surface area contributed by atoms with Gasteiger partial charge in [0.25, 0.3) is 0 Å². The van der Waals surface area contributed by atoms with Crippen molar-refractivity contribution in [2.75, 3.05) is 0 Å². The zero-order valence-electron chi connectivity index (χ0n) is 19.0. The van der Waals surface area contributed by atoms with Crippen molar-refractivity contribution in [3.05, 3.63) is 179 Å². The first-order valence-electron chi connectivity index (χ1n) is 11.6. The van der Waals surface area contributed by atoms with Crippen LogP contribution in [0.4, 0.5) is 0 Å². The summed E-state index contributed by atoms with van der Waals surface area (Å²) in [5.74, 6) is 0. The quantitative estimate of drug-likeness (QED) is 0.234. The van der Waals surface area contributed by atoms with Crippen molar-refractivity contribution in [1.82, 2.24) is 0 Å². The molecule has 0 amide bonds. The van der Waals surface area contributed by atoms with Gasteiger partial charge in [0.2, 0.25) is 0 Å². The lowest BCUT2D eigenvalue weighted by atomic mass is 9.94. The predicted molar refractivity (Wildman–Crippen MR) is 146 cm³/mol. The number of rotatable bonds is 6. The van der Waals surface area contributed by atoms with Crippen LogP contribution in [0.2, 0.25) is 0 Å². The fourth-order valence-electron chi connectivity index (χ4n) is 4.21. The lowest BCUT2D eigenvalue weighted by molar-refractivity contribution is 1.54. The van der Waals surface area contributed by atoms with E-state index in [1.807, 2.05) is 0 Å². The summed E-state index contributed by atoms with van der Waals surface area (Å²) in [4.78, 5) is 0. The second-order valence-corrected chi connectivity index (χ2v) is 8.25. The Labute approximate surface area is 202 Å². The number of benzene rings is 5. The van der Waals surface area contributed by atoms with Gasteiger partial charge in [-0.1, -0.05) is 140 Å². The van der Waals surface area contributed by atoms with Crippen molar-refractivity contribution in [3.8, 4) is 0 Å². The summed E-state index contributed by atoms with van der Waals surface area (Å²) < 4.78 is 0. The van der Waals surface area contributed by atoms with Crippen LogP contribution in [0, 0.1) is 0 Å². The summed E-state index contributed by atoms with van der Waals surface area (Å²) in [6.07, 6.45) is 4.57. The minimum atomic E-state index is 1.18. The van der Waals surface area contributed by atoms with Gasteiger partial charge >= 0.3 is 0 Å². The largest absolute Gasteiger partial charge is 0.0622 e. The van der Waals surface area contributed by atoms with Gasteiger partial charge in [-0.2, -0.15) is 0 Å². The molecule has 162 valence electrons. The molecule has 0 fully saturated rings. The monoisotopic (exact) mass is 434 g/mol. The van der Waals surface area contributed by atoms with E-state index in [1.165, 1.54) is 44.5 Å². The maximum atomic E-state index is 2.28. The summed E-state index contributed by atoms with van der Waals surface area (Å²) in [6.45, 7) is 0. The zero-order valence-corrected chi connectivity index (χ0v) is 19.0. The molecule has 34 heavy (non-hydrogen) atoms. The van der Waals surface area contributed by atoms with Crippen molar-refractivity contribution in [2.24, 2.45) is 0 Å². The van der Waals surface area contributed by atoms with Gasteiger partial charge in [0.05, 0.1) is 0 Å². The Balaban J connectivity index is 1.60. The molecule has 0 aliphatic heterocycles. The van der Waals surface area contributed by atoms with Crippen molar-refractivity contribution in [3.63, 3.8) is 0 Å². The van der Waals surface area contributed by atoms with Crippen LogP contribution >= 0.6 is 0 Å². The molecule has 0 heteroatoms. The van der Waals surface area contributed by atoms with Crippen LogP contribution in [0.15, 0.2) is 146 Å². The molecule has 0 N–H and O–H groups in total. The van der Waals surface area contributed by atoms with Crippen LogP contribution in [-0.4, -0.2) is 0 Å². The Bertz CT molecular complexity index is 1200. The van der Waals surface area contributed by atoms with Gasteiger partial charge < -0.3 is 0 Å². The zero-order chi connectivity index (χ0) is 23.0. The third-order valence-electron chi connectivity index (χ3n) is 5.87. The minimum absolute atomic E-state index is 1.18. The van der Waals surface area contributed by atoms with E-state index < -0.39 is 0 Å². The molecule has 0 aliphatic carbocycles. The summed E-state index contributed by atoms with van der Waals surface area (Å²) in [7, 11) is 0. The molecular formula is C34H26. The van der Waals surface area contributed by atoms with Crippen LogP contribution in [0.3, 0.4) is 0 Å². The highest BCUT2D eigenvalue weighted by Gasteiger charge is 2.07. The van der Waals surface area contributed by atoms with E-state index in [4.69, 9.17) is 0 Å². The van der Waals surface area contributed by atoms with Gasteiger partial charge in [-0.05, 0) is 62.7 Å². The average molecular weight is 435 g/mol. The highest BCUT2D eigenvalue weighted by Crippen LogP contribution is 2.28. The van der Waals surface area contributed by atoms with E-state index in [-0.39, 0.29) is 0 Å². The summed E-state index contributed by atoms with van der Waals surface area (Å²) >= 11 is 0. The standard InChI is InChI=1S/C34H26/c1-5-16-29(17-6-1)33(30-18-7-2-8-19-30)25-27-14-13-15-28(24-27)26-34(31-20-9-3-10-21-31)32-22-11-4-12-23-32/h1-26H. The van der Waals surface area contributed by atoms with Crippen LogP contribution in [0.5, 0.6) is 0 Å². The molecule has 0 saturated carbocycles. The second kappa shape index (κ2) is 10.5. The minimum Gasteiger partial charge on any atom is -0.0622 e. The molecule has 0 spiro atoms. The fourth-order valence-corrected chi connectivity index (χ4v) is 4.21. The molecule has 5 aromatic rings. The molecule has 5 aromatic carbocycles. The first-order chi connectivity index (χ1) is 16.9. The van der Waals surface area contributed by atoms with E-state index in [9.17, 15) is 0 Å². The SMILES string of the molecule is C(=C(c1ccccc1)c1ccccc1)c1cccc(C=C(c2ccccc2)c2ccccc2)c1. The smallest absolute Gasteiger partial charge is 0.0105 e. The Morgan fingerprint density at radius 1 is 0.324 bits per heavy atom. The highest BCUT2D eigenvalue weighted by molar-refractivity contribution is 5.93. The molecule has 0 unspecified atom stereocenters. The number of hydrogen-bond acceptors (Lipinski definition) is 0. The molecule has 0 bridgehead atoms. The van der Waals surface area contributed by atoms with Crippen LogP contribution in [-0.2, 0) is 0 Å². The molecular weight excluding hydrogens is 408 g/mol. The third-order valence-corrected chi connectivity index (χ3v) is 5.87. The van der Waals surface area contributed by atoms with Crippen molar-refractivity contribution < 1.29 is 0 Å². The van der Waals surface area contributed by atoms with E-state index in [2.05, 4.69) is 158 Å². The Kier molecular flexibility index (Phi) is 6.59. The number of hydrogen-bond donors (Lipinski definition) is 0. The lowest BCUT2D eigenvalue weighted by Gasteiger charge is -2.11. The van der Waals surface area contributed by atoms with Crippen molar-refractivity contribution in [1.29, 1.82) is 0 Å². The van der Waals surface area contributed by atoms with Crippen LogP contribution in [0.25, 0.3) is 23.3 Å². The normalized spacial score (nSPS) is 10.4. The predicted octanol–water partition coefficient (Wildman–Crippen LogP) is 8.86. The third kappa shape index (κ3) is 5.14. The van der Waals surface area contributed by atoms with E-state index in [1.54, 1.807) is 0 Å². The first kappa shape index (κ1) is 21.4. The topological polar surface area (TPSA) is 0 Å². The summed E-state index contributed by atoms with van der Waals surface area (Å²) in [5.41, 5.74) is 9.64. The van der Waals surface area contributed by atoms with Gasteiger partial charge in [-0.15, -0.1) is 0 Å². The van der Waals surface area contributed by atoms with Gasteiger partial charge in [-0.3, -0.25) is 0 Å². The molecule has 0 radical (unpaired) electrons. The van der Waals surface area contributed by atoms with E-state index in [0.717, 1.165) is 0 Å². The van der Waals surface area contributed by atoms with E-state index >= 15 is 0 Å².